The van der Waals surface area contributed by atoms with Crippen LogP contribution in [0, 0.1) is 5.92 Å². The summed E-state index contributed by atoms with van der Waals surface area (Å²) in [7, 11) is 1.82. The van der Waals surface area contributed by atoms with Gasteiger partial charge in [-0.2, -0.15) is 0 Å². The van der Waals surface area contributed by atoms with Gasteiger partial charge >= 0.3 is 0 Å². The van der Waals surface area contributed by atoms with Crippen molar-refractivity contribution in [3.8, 4) is 0 Å². The highest BCUT2D eigenvalue weighted by molar-refractivity contribution is 7.19. The number of thiophene rings is 1. The van der Waals surface area contributed by atoms with Gasteiger partial charge in [0.2, 0.25) is 5.91 Å². The molecule has 5 rings (SSSR count). The van der Waals surface area contributed by atoms with Gasteiger partial charge in [0.05, 0.1) is 20.8 Å². The van der Waals surface area contributed by atoms with Crippen LogP contribution in [0.1, 0.15) is 16.9 Å². The molecule has 1 unspecified atom stereocenters. The number of anilines is 2. The van der Waals surface area contributed by atoms with Gasteiger partial charge in [-0.15, -0.1) is 16.4 Å². The Morgan fingerprint density at radius 3 is 3.10 bits per heavy atom. The zero-order chi connectivity index (χ0) is 21.5. The van der Waals surface area contributed by atoms with Crippen molar-refractivity contribution in [2.24, 2.45) is 11.7 Å². The number of hydrogen-bond donors (Lipinski definition) is 2. The molecule has 0 aliphatic heterocycles. The minimum Gasteiger partial charge on any atom is -0.344 e. The number of nitrogens with one attached hydrogen (secondary N) is 1. The van der Waals surface area contributed by atoms with E-state index in [2.05, 4.69) is 24.9 Å². The van der Waals surface area contributed by atoms with E-state index < -0.39 is 0 Å². The Bertz CT molecular complexity index is 1290. The lowest BCUT2D eigenvalue weighted by Gasteiger charge is -2.26. The predicted molar refractivity (Wildman–Crippen MR) is 125 cm³/mol. The molecule has 0 bridgehead atoms. The van der Waals surface area contributed by atoms with Crippen LogP contribution in [0.15, 0.2) is 18.5 Å². The molecule has 0 radical (unpaired) electrons. The Hall–Kier alpha value is -2.40. The number of benzene rings is 1. The maximum Gasteiger partial charge on any atom is 0.225 e. The van der Waals surface area contributed by atoms with E-state index in [0.717, 1.165) is 51.2 Å². The number of fused-ring (bicyclic) bond motifs is 4. The molecular formula is C20H20ClN7OS2. The molecule has 0 saturated carbocycles. The summed E-state index contributed by atoms with van der Waals surface area (Å²) < 4.78 is 4.93. The number of likely N-dealkylation sites (N-methyl/N-ethyl adjacent to an activating group) is 1. The van der Waals surface area contributed by atoms with Crippen LogP contribution >= 0.6 is 34.5 Å². The summed E-state index contributed by atoms with van der Waals surface area (Å²) in [6, 6.07) is 3.75. The largest absolute Gasteiger partial charge is 0.344 e. The summed E-state index contributed by atoms with van der Waals surface area (Å²) in [5.41, 5.74) is 8.37. The van der Waals surface area contributed by atoms with Crippen molar-refractivity contribution in [3.05, 3.63) is 33.9 Å². The van der Waals surface area contributed by atoms with Crippen LogP contribution in [0.5, 0.6) is 0 Å². The Kier molecular flexibility index (Phi) is 5.47. The van der Waals surface area contributed by atoms with Crippen LogP contribution in [-0.4, -0.2) is 50.5 Å². The molecule has 1 atom stereocenters. The van der Waals surface area contributed by atoms with Gasteiger partial charge < -0.3 is 16.0 Å². The molecule has 11 heteroatoms. The fraction of sp³-hybridized carbons (Fsp3) is 0.350. The number of nitrogens with zero attached hydrogens (tertiary/aromatic N) is 5. The zero-order valence-electron chi connectivity index (χ0n) is 16.8. The second-order valence-electron chi connectivity index (χ2n) is 7.59. The monoisotopic (exact) mass is 473 g/mol. The molecule has 4 aromatic rings. The minimum absolute atomic E-state index is 0.0165. The van der Waals surface area contributed by atoms with E-state index in [1.54, 1.807) is 28.6 Å². The number of hydrogen-bond acceptors (Lipinski definition) is 9. The van der Waals surface area contributed by atoms with Crippen molar-refractivity contribution in [3.63, 3.8) is 0 Å². The summed E-state index contributed by atoms with van der Waals surface area (Å²) in [5.74, 6) is 0.875. The van der Waals surface area contributed by atoms with Crippen LogP contribution in [-0.2, 0) is 17.6 Å². The fourth-order valence-electron chi connectivity index (χ4n) is 4.06. The van der Waals surface area contributed by atoms with Crippen molar-refractivity contribution in [2.45, 2.75) is 19.3 Å². The zero-order valence-corrected chi connectivity index (χ0v) is 19.1. The van der Waals surface area contributed by atoms with Crippen molar-refractivity contribution in [1.29, 1.82) is 0 Å². The summed E-state index contributed by atoms with van der Waals surface area (Å²) in [6.07, 6.45) is 3.91. The molecule has 3 heterocycles. The lowest BCUT2D eigenvalue weighted by Crippen LogP contribution is -2.38. The molecule has 31 heavy (non-hydrogen) atoms. The number of halogens is 1. The van der Waals surface area contributed by atoms with Crippen LogP contribution in [0.25, 0.3) is 20.4 Å². The van der Waals surface area contributed by atoms with E-state index in [4.69, 9.17) is 17.3 Å². The van der Waals surface area contributed by atoms with E-state index >= 15 is 0 Å². The van der Waals surface area contributed by atoms with Gasteiger partial charge in [0.15, 0.2) is 0 Å². The highest BCUT2D eigenvalue weighted by Gasteiger charge is 2.30. The topological polar surface area (TPSA) is 110 Å². The Morgan fingerprint density at radius 1 is 1.39 bits per heavy atom. The third-order valence-electron chi connectivity index (χ3n) is 5.62. The van der Waals surface area contributed by atoms with Crippen molar-refractivity contribution in [1.82, 2.24) is 24.5 Å². The first-order chi connectivity index (χ1) is 15.0. The molecule has 0 fully saturated rings. The van der Waals surface area contributed by atoms with Gasteiger partial charge in [-0.25, -0.2) is 9.97 Å². The normalized spacial score (nSPS) is 15.9. The van der Waals surface area contributed by atoms with Crippen LogP contribution in [0.4, 0.5) is 11.5 Å². The van der Waals surface area contributed by atoms with Gasteiger partial charge in [0.25, 0.3) is 0 Å². The van der Waals surface area contributed by atoms with E-state index in [1.165, 1.54) is 22.0 Å². The predicted octanol–water partition coefficient (Wildman–Crippen LogP) is 3.62. The number of carbonyl (C=O) groups excluding carboxylic acids is 1. The van der Waals surface area contributed by atoms with Crippen molar-refractivity contribution in [2.75, 3.05) is 25.5 Å². The van der Waals surface area contributed by atoms with Crippen LogP contribution < -0.4 is 11.1 Å². The van der Waals surface area contributed by atoms with Crippen molar-refractivity contribution >= 4 is 72.3 Å². The first-order valence-electron chi connectivity index (χ1n) is 9.94. The van der Waals surface area contributed by atoms with Crippen LogP contribution in [0.3, 0.4) is 0 Å². The number of amides is 1. The third-order valence-corrected chi connectivity index (χ3v) is 7.79. The van der Waals surface area contributed by atoms with Gasteiger partial charge in [-0.1, -0.05) is 16.1 Å². The van der Waals surface area contributed by atoms with Gasteiger partial charge in [-0.05, 0) is 48.5 Å². The SMILES string of the molecule is CN(CCN)C(=O)C1CCc2c(sc3ncnc(Nc4cc5snnc5cc4Cl)c23)C1. The van der Waals surface area contributed by atoms with Crippen molar-refractivity contribution < 1.29 is 4.79 Å². The number of aromatic nitrogens is 4. The lowest BCUT2D eigenvalue weighted by molar-refractivity contribution is -0.134. The Labute approximate surface area is 191 Å². The average Bonchev–Trinajstić information content (AvgIpc) is 3.37. The highest BCUT2D eigenvalue weighted by Crippen LogP contribution is 2.41. The number of aryl methyl sites for hydroxylation is 1. The lowest BCUT2D eigenvalue weighted by atomic mass is 9.87. The Morgan fingerprint density at radius 2 is 2.26 bits per heavy atom. The third kappa shape index (κ3) is 3.73. The molecule has 1 aromatic carbocycles. The smallest absolute Gasteiger partial charge is 0.225 e. The number of rotatable bonds is 5. The summed E-state index contributed by atoms with van der Waals surface area (Å²) in [5, 5.41) is 9.03. The maximum atomic E-state index is 12.8. The molecule has 8 nitrogen and oxygen atoms in total. The fourth-order valence-corrected chi connectivity index (χ4v) is 6.11. The first kappa shape index (κ1) is 20.5. The second-order valence-corrected chi connectivity index (χ2v) is 9.87. The minimum atomic E-state index is -0.0165. The Balaban J connectivity index is 1.48. The molecule has 0 saturated heterocycles. The maximum absolute atomic E-state index is 12.8. The summed E-state index contributed by atoms with van der Waals surface area (Å²) >= 11 is 9.43. The average molecular weight is 474 g/mol. The molecule has 1 aliphatic rings. The number of nitrogens with two attached hydrogens (primary N) is 1. The molecule has 160 valence electrons. The van der Waals surface area contributed by atoms with E-state index in [-0.39, 0.29) is 11.8 Å². The summed E-state index contributed by atoms with van der Waals surface area (Å²) in [4.78, 5) is 25.6. The standard InChI is InChI=1S/C20H20ClN7OS2/c1-28(5-4-22)20(29)10-2-3-11-15(6-10)30-19-17(11)18(23-9-24-19)25-13-8-16-14(7-12(13)21)26-27-31-16/h7-10H,2-6,22H2,1H3,(H,23,24,25). The molecule has 0 spiro atoms. The molecule has 1 amide bonds. The number of carbonyl (C=O) groups is 1. The molecule has 3 N–H and O–H groups in total. The van der Waals surface area contributed by atoms with E-state index in [0.29, 0.717) is 18.1 Å². The van der Waals surface area contributed by atoms with Gasteiger partial charge in [0, 0.05) is 30.9 Å². The van der Waals surface area contributed by atoms with E-state index in [1.807, 2.05) is 13.1 Å². The van der Waals surface area contributed by atoms with Gasteiger partial charge in [-0.3, -0.25) is 4.79 Å². The quantitative estimate of drug-likeness (QED) is 0.455. The first-order valence-corrected chi connectivity index (χ1v) is 11.9. The molecule has 3 aromatic heterocycles. The molecule has 1 aliphatic carbocycles. The highest BCUT2D eigenvalue weighted by atomic mass is 35.5. The second kappa shape index (κ2) is 8.27. The van der Waals surface area contributed by atoms with Crippen LogP contribution in [0.2, 0.25) is 5.02 Å². The van der Waals surface area contributed by atoms with Gasteiger partial charge in [0.1, 0.15) is 22.5 Å². The van der Waals surface area contributed by atoms with E-state index in [9.17, 15) is 4.79 Å². The summed E-state index contributed by atoms with van der Waals surface area (Å²) in [6.45, 7) is 1.05. The molecular weight excluding hydrogens is 454 g/mol.